The highest BCUT2D eigenvalue weighted by Gasteiger charge is 2.40. The molecule has 2 aliphatic heterocycles. The van der Waals surface area contributed by atoms with E-state index in [1.165, 1.54) is 37.9 Å². The third-order valence-electron chi connectivity index (χ3n) is 3.45. The number of thioether (sulfide) groups is 1. The Morgan fingerprint density at radius 2 is 2.29 bits per heavy atom. The van der Waals surface area contributed by atoms with E-state index in [0.29, 0.717) is 17.0 Å². The van der Waals surface area contributed by atoms with Gasteiger partial charge in [-0.3, -0.25) is 0 Å². The van der Waals surface area contributed by atoms with E-state index in [9.17, 15) is 0 Å². The zero-order valence-electron chi connectivity index (χ0n) is 8.80. The van der Waals surface area contributed by atoms with Gasteiger partial charge in [-0.1, -0.05) is 15.9 Å². The molecule has 0 aromatic carbocycles. The molecule has 2 aliphatic rings. The molecule has 14 heavy (non-hydrogen) atoms. The third kappa shape index (κ3) is 2.30. The molecule has 3 unspecified atom stereocenters. The fraction of sp³-hybridized carbons (Fsp3) is 1.00. The van der Waals surface area contributed by atoms with Gasteiger partial charge in [-0.05, 0) is 44.8 Å². The first kappa shape index (κ1) is 11.3. The lowest BCUT2D eigenvalue weighted by Gasteiger charge is -2.39. The number of hydrogen-bond acceptors (Lipinski definition) is 2. The van der Waals surface area contributed by atoms with E-state index in [1.807, 2.05) is 0 Å². The van der Waals surface area contributed by atoms with Gasteiger partial charge in [-0.15, -0.1) is 0 Å². The normalized spacial score (nSPS) is 44.1. The van der Waals surface area contributed by atoms with Crippen LogP contribution in [-0.4, -0.2) is 28.0 Å². The number of ether oxygens (including phenoxy) is 1. The van der Waals surface area contributed by atoms with Crippen LogP contribution in [0.2, 0.25) is 0 Å². The van der Waals surface area contributed by atoms with E-state index in [1.54, 1.807) is 0 Å². The summed E-state index contributed by atoms with van der Waals surface area (Å²) >= 11 is 5.66. The molecule has 82 valence electrons. The Balaban J connectivity index is 1.96. The van der Waals surface area contributed by atoms with Crippen molar-refractivity contribution in [2.24, 2.45) is 0 Å². The molecular formula is C11H19BrOS. The fourth-order valence-corrected chi connectivity index (χ4v) is 4.40. The molecule has 0 bridgehead atoms. The molecule has 0 amide bonds. The van der Waals surface area contributed by atoms with Crippen LogP contribution in [0.1, 0.15) is 39.0 Å². The zero-order chi connectivity index (χ0) is 10.0. The Kier molecular flexibility index (Phi) is 3.83. The monoisotopic (exact) mass is 278 g/mol. The molecule has 0 N–H and O–H groups in total. The van der Waals surface area contributed by atoms with Crippen LogP contribution in [0.4, 0.5) is 0 Å². The average Bonchev–Trinajstić information content (AvgIpc) is 2.67. The quantitative estimate of drug-likeness (QED) is 0.714. The van der Waals surface area contributed by atoms with Crippen molar-refractivity contribution in [1.82, 2.24) is 0 Å². The summed E-state index contributed by atoms with van der Waals surface area (Å²) in [5.74, 6) is 1.33. The molecule has 3 atom stereocenters. The Bertz CT molecular complexity index is 192. The van der Waals surface area contributed by atoms with Crippen LogP contribution in [0.25, 0.3) is 0 Å². The minimum absolute atomic E-state index is 0.418. The summed E-state index contributed by atoms with van der Waals surface area (Å²) in [6, 6.07) is 0. The van der Waals surface area contributed by atoms with E-state index in [0.717, 1.165) is 5.33 Å². The van der Waals surface area contributed by atoms with Crippen molar-refractivity contribution in [3.63, 3.8) is 0 Å². The highest BCUT2D eigenvalue weighted by molar-refractivity contribution is 9.09. The largest absolute Gasteiger partial charge is 0.373 e. The molecule has 2 fully saturated rings. The predicted molar refractivity (Wildman–Crippen MR) is 66.4 cm³/mol. The second-order valence-electron chi connectivity index (χ2n) is 4.60. The average molecular weight is 279 g/mol. The van der Waals surface area contributed by atoms with Crippen LogP contribution in [0.15, 0.2) is 0 Å². The molecule has 3 heteroatoms. The van der Waals surface area contributed by atoms with Crippen LogP contribution in [0.5, 0.6) is 0 Å². The molecule has 0 aromatic heterocycles. The lowest BCUT2D eigenvalue weighted by Crippen LogP contribution is -2.42. The Labute approximate surface area is 99.5 Å². The van der Waals surface area contributed by atoms with Gasteiger partial charge in [0.1, 0.15) is 0 Å². The minimum Gasteiger partial charge on any atom is -0.373 e. The van der Waals surface area contributed by atoms with Crippen LogP contribution in [-0.2, 0) is 4.74 Å². The van der Waals surface area contributed by atoms with E-state index >= 15 is 0 Å². The Morgan fingerprint density at radius 1 is 1.43 bits per heavy atom. The van der Waals surface area contributed by atoms with Crippen molar-refractivity contribution in [1.29, 1.82) is 0 Å². The molecule has 2 rings (SSSR count). The van der Waals surface area contributed by atoms with Crippen LogP contribution >= 0.6 is 27.7 Å². The molecule has 0 aliphatic carbocycles. The van der Waals surface area contributed by atoms with Gasteiger partial charge in [0.2, 0.25) is 0 Å². The highest BCUT2D eigenvalue weighted by atomic mass is 79.9. The third-order valence-corrected chi connectivity index (χ3v) is 5.79. The topological polar surface area (TPSA) is 9.23 Å². The van der Waals surface area contributed by atoms with E-state index in [2.05, 4.69) is 34.6 Å². The number of halogens is 1. The maximum absolute atomic E-state index is 6.15. The smallest absolute Gasteiger partial charge is 0.0723 e. The van der Waals surface area contributed by atoms with Gasteiger partial charge in [0.25, 0.3) is 0 Å². The van der Waals surface area contributed by atoms with Gasteiger partial charge < -0.3 is 4.74 Å². The fourth-order valence-electron chi connectivity index (χ4n) is 2.52. The highest BCUT2D eigenvalue weighted by Crippen LogP contribution is 2.44. The number of alkyl halides is 1. The zero-order valence-corrected chi connectivity index (χ0v) is 11.2. The molecular weight excluding hydrogens is 260 g/mol. The maximum Gasteiger partial charge on any atom is 0.0723 e. The lowest BCUT2D eigenvalue weighted by atomic mass is 9.91. The van der Waals surface area contributed by atoms with Crippen molar-refractivity contribution in [2.45, 2.75) is 56.0 Å². The van der Waals surface area contributed by atoms with Gasteiger partial charge in [0, 0.05) is 10.1 Å². The molecule has 0 spiro atoms. The molecule has 0 radical (unpaired) electrons. The Hall–Kier alpha value is 0.790. The van der Waals surface area contributed by atoms with Crippen LogP contribution in [0.3, 0.4) is 0 Å². The molecule has 0 aromatic rings. The van der Waals surface area contributed by atoms with Gasteiger partial charge >= 0.3 is 0 Å². The van der Waals surface area contributed by atoms with Crippen molar-refractivity contribution in [2.75, 3.05) is 11.1 Å². The minimum atomic E-state index is 0.418. The van der Waals surface area contributed by atoms with Crippen molar-refractivity contribution < 1.29 is 4.74 Å². The SMILES string of the molecule is CC1(C2CCCC(CBr)O2)CCCS1. The predicted octanol–water partition coefficient (Wildman–Crippen LogP) is 3.60. The second-order valence-corrected chi connectivity index (χ2v) is 6.87. The summed E-state index contributed by atoms with van der Waals surface area (Å²) in [6.07, 6.45) is 7.54. The van der Waals surface area contributed by atoms with Crippen LogP contribution < -0.4 is 0 Å². The van der Waals surface area contributed by atoms with Crippen molar-refractivity contribution in [3.8, 4) is 0 Å². The summed E-state index contributed by atoms with van der Waals surface area (Å²) in [5, 5.41) is 1.00. The number of rotatable bonds is 2. The summed E-state index contributed by atoms with van der Waals surface area (Å²) < 4.78 is 6.57. The maximum atomic E-state index is 6.15. The van der Waals surface area contributed by atoms with E-state index in [-0.39, 0.29) is 0 Å². The summed E-state index contributed by atoms with van der Waals surface area (Å²) in [7, 11) is 0. The standard InChI is InChI=1S/C11H19BrOS/c1-11(6-3-7-14-11)10-5-2-4-9(8-12)13-10/h9-10H,2-8H2,1H3. The first-order chi connectivity index (χ1) is 6.74. The summed E-state index contributed by atoms with van der Waals surface area (Å²) in [5.41, 5.74) is 0. The molecule has 0 saturated carbocycles. The summed E-state index contributed by atoms with van der Waals surface area (Å²) in [4.78, 5) is 0. The number of hydrogen-bond donors (Lipinski definition) is 0. The van der Waals surface area contributed by atoms with E-state index < -0.39 is 0 Å². The van der Waals surface area contributed by atoms with E-state index in [4.69, 9.17) is 4.74 Å². The Morgan fingerprint density at radius 3 is 2.93 bits per heavy atom. The van der Waals surface area contributed by atoms with Gasteiger partial charge in [-0.2, -0.15) is 11.8 Å². The first-order valence-corrected chi connectivity index (χ1v) is 7.71. The molecule has 2 heterocycles. The second kappa shape index (κ2) is 4.75. The van der Waals surface area contributed by atoms with Crippen molar-refractivity contribution >= 4 is 27.7 Å². The van der Waals surface area contributed by atoms with Gasteiger partial charge in [0.15, 0.2) is 0 Å². The van der Waals surface area contributed by atoms with Gasteiger partial charge in [0.05, 0.1) is 12.2 Å². The summed E-state index contributed by atoms with van der Waals surface area (Å²) in [6.45, 7) is 2.39. The first-order valence-electron chi connectivity index (χ1n) is 5.60. The lowest BCUT2D eigenvalue weighted by molar-refractivity contribution is -0.0535. The van der Waals surface area contributed by atoms with Gasteiger partial charge in [-0.25, -0.2) is 0 Å². The van der Waals surface area contributed by atoms with Crippen LogP contribution in [0, 0.1) is 0 Å². The molecule has 2 saturated heterocycles. The van der Waals surface area contributed by atoms with Crippen molar-refractivity contribution in [3.05, 3.63) is 0 Å². The molecule has 1 nitrogen and oxygen atoms in total.